The molecule has 0 radical (unpaired) electrons. The highest BCUT2D eigenvalue weighted by Gasteiger charge is 2.16. The molecule has 0 bridgehead atoms. The Bertz CT molecular complexity index is 840. The van der Waals surface area contributed by atoms with Crippen LogP contribution in [0, 0.1) is 13.8 Å². The van der Waals surface area contributed by atoms with Crippen molar-refractivity contribution in [2.45, 2.75) is 39.8 Å². The predicted octanol–water partition coefficient (Wildman–Crippen LogP) is 4.06. The van der Waals surface area contributed by atoms with Gasteiger partial charge in [-0.1, -0.05) is 0 Å². The molecule has 0 spiro atoms. The van der Waals surface area contributed by atoms with Crippen LogP contribution in [0.5, 0.6) is 0 Å². The Labute approximate surface area is 143 Å². The van der Waals surface area contributed by atoms with Crippen LogP contribution in [-0.4, -0.2) is 16.0 Å². The molecule has 0 aliphatic heterocycles. The summed E-state index contributed by atoms with van der Waals surface area (Å²) >= 11 is 7.76. The van der Waals surface area contributed by atoms with Crippen LogP contribution in [0.1, 0.15) is 28.9 Å². The summed E-state index contributed by atoms with van der Waals surface area (Å²) in [5.41, 5.74) is 7.96. The van der Waals surface area contributed by atoms with Crippen molar-refractivity contribution in [1.82, 2.24) is 9.97 Å². The van der Waals surface area contributed by atoms with Crippen LogP contribution in [0.2, 0.25) is 5.28 Å². The zero-order valence-electron chi connectivity index (χ0n) is 13.3. The van der Waals surface area contributed by atoms with E-state index in [4.69, 9.17) is 21.8 Å². The number of rotatable bonds is 5. The molecular formula is C16H19ClN4OS. The molecule has 3 heterocycles. The first-order valence-electron chi connectivity index (χ1n) is 7.44. The molecule has 3 N–H and O–H groups in total. The van der Waals surface area contributed by atoms with Crippen LogP contribution in [0.4, 0.5) is 5.82 Å². The van der Waals surface area contributed by atoms with Crippen molar-refractivity contribution in [3.63, 3.8) is 0 Å². The molecule has 0 aliphatic carbocycles. The lowest BCUT2D eigenvalue weighted by atomic mass is 10.1. The first-order valence-corrected chi connectivity index (χ1v) is 8.63. The number of aryl methyl sites for hydroxylation is 2. The number of nitrogens with one attached hydrogen (secondary N) is 1. The maximum absolute atomic E-state index is 6.09. The minimum atomic E-state index is 0.104. The zero-order chi connectivity index (χ0) is 16.6. The molecule has 0 amide bonds. The Morgan fingerprint density at radius 2 is 2.13 bits per heavy atom. The number of thiophene rings is 1. The molecule has 7 heteroatoms. The van der Waals surface area contributed by atoms with E-state index in [0.29, 0.717) is 6.54 Å². The van der Waals surface area contributed by atoms with Crippen molar-refractivity contribution in [3.05, 3.63) is 39.4 Å². The number of nitrogens with zero attached hydrogens (tertiary/aromatic N) is 2. The molecule has 1 atom stereocenters. The lowest BCUT2D eigenvalue weighted by molar-refractivity contribution is 0.490. The number of hydrogen-bond acceptors (Lipinski definition) is 6. The molecule has 0 fully saturated rings. The average molecular weight is 351 g/mol. The molecule has 3 aromatic heterocycles. The Balaban J connectivity index is 1.95. The van der Waals surface area contributed by atoms with Gasteiger partial charge in [-0.15, -0.1) is 11.3 Å². The molecule has 0 saturated carbocycles. The summed E-state index contributed by atoms with van der Waals surface area (Å²) in [5.74, 6) is 2.48. The van der Waals surface area contributed by atoms with Crippen molar-refractivity contribution in [3.8, 4) is 0 Å². The van der Waals surface area contributed by atoms with E-state index in [9.17, 15) is 0 Å². The number of hydrogen-bond donors (Lipinski definition) is 2. The Morgan fingerprint density at radius 3 is 2.78 bits per heavy atom. The molecular weight excluding hydrogens is 332 g/mol. The minimum Gasteiger partial charge on any atom is -0.465 e. The van der Waals surface area contributed by atoms with Crippen molar-refractivity contribution in [2.24, 2.45) is 5.73 Å². The normalized spacial score (nSPS) is 12.7. The monoisotopic (exact) mass is 350 g/mol. The van der Waals surface area contributed by atoms with Crippen LogP contribution >= 0.6 is 22.9 Å². The van der Waals surface area contributed by atoms with Gasteiger partial charge in [-0.3, -0.25) is 0 Å². The van der Waals surface area contributed by atoms with Crippen LogP contribution in [0.15, 0.2) is 16.5 Å². The van der Waals surface area contributed by atoms with Crippen LogP contribution in [-0.2, 0) is 13.0 Å². The van der Waals surface area contributed by atoms with Gasteiger partial charge in [0.25, 0.3) is 0 Å². The van der Waals surface area contributed by atoms with Crippen LogP contribution in [0.3, 0.4) is 0 Å². The van der Waals surface area contributed by atoms with Crippen molar-refractivity contribution in [1.29, 1.82) is 0 Å². The van der Waals surface area contributed by atoms with Gasteiger partial charge in [0, 0.05) is 10.9 Å². The van der Waals surface area contributed by atoms with Gasteiger partial charge in [0.1, 0.15) is 17.3 Å². The summed E-state index contributed by atoms with van der Waals surface area (Å²) in [6, 6.07) is 3.99. The Morgan fingerprint density at radius 1 is 1.35 bits per heavy atom. The standard InChI is InChI=1S/C16H19ClN4OS/c1-8(18)6-12-10(3)13-14(23-12)15(21-16(17)20-13)19-7-11-5-4-9(2)22-11/h4-5,8H,6-7,18H2,1-3H3,(H,19,20,21)/t8-/m0/s1. The lowest BCUT2D eigenvalue weighted by Gasteiger charge is -2.05. The maximum Gasteiger partial charge on any atom is 0.224 e. The van der Waals surface area contributed by atoms with E-state index < -0.39 is 0 Å². The van der Waals surface area contributed by atoms with Gasteiger partial charge in [0.15, 0.2) is 0 Å². The fourth-order valence-electron chi connectivity index (χ4n) is 2.46. The molecule has 23 heavy (non-hydrogen) atoms. The van der Waals surface area contributed by atoms with E-state index >= 15 is 0 Å². The van der Waals surface area contributed by atoms with E-state index in [2.05, 4.69) is 22.2 Å². The molecule has 122 valence electrons. The second-order valence-corrected chi connectivity index (χ2v) is 7.16. The molecule has 0 aromatic carbocycles. The third kappa shape index (κ3) is 3.49. The third-order valence-electron chi connectivity index (χ3n) is 3.57. The first-order chi connectivity index (χ1) is 10.9. The van der Waals surface area contributed by atoms with Gasteiger partial charge in [-0.2, -0.15) is 4.98 Å². The average Bonchev–Trinajstić information content (AvgIpc) is 3.02. The second-order valence-electron chi connectivity index (χ2n) is 5.72. The number of furan rings is 1. The minimum absolute atomic E-state index is 0.104. The van der Waals surface area contributed by atoms with Gasteiger partial charge < -0.3 is 15.5 Å². The van der Waals surface area contributed by atoms with Crippen LogP contribution in [0.25, 0.3) is 10.2 Å². The van der Waals surface area contributed by atoms with Crippen molar-refractivity contribution in [2.75, 3.05) is 5.32 Å². The quantitative estimate of drug-likeness (QED) is 0.678. The lowest BCUT2D eigenvalue weighted by Crippen LogP contribution is -2.17. The topological polar surface area (TPSA) is 77.0 Å². The van der Waals surface area contributed by atoms with E-state index in [0.717, 1.165) is 39.5 Å². The van der Waals surface area contributed by atoms with Crippen molar-refractivity contribution < 1.29 is 4.42 Å². The highest BCUT2D eigenvalue weighted by atomic mass is 35.5. The smallest absolute Gasteiger partial charge is 0.224 e. The van der Waals surface area contributed by atoms with E-state index in [1.807, 2.05) is 26.0 Å². The van der Waals surface area contributed by atoms with Gasteiger partial charge >= 0.3 is 0 Å². The fraction of sp³-hybridized carbons (Fsp3) is 0.375. The van der Waals surface area contributed by atoms with Crippen molar-refractivity contribution >= 4 is 39.0 Å². The molecule has 3 rings (SSSR count). The van der Waals surface area contributed by atoms with Gasteiger partial charge in [0.2, 0.25) is 5.28 Å². The van der Waals surface area contributed by atoms with Crippen LogP contribution < -0.4 is 11.1 Å². The molecule has 5 nitrogen and oxygen atoms in total. The summed E-state index contributed by atoms with van der Waals surface area (Å²) in [5, 5.41) is 3.54. The maximum atomic E-state index is 6.09. The largest absolute Gasteiger partial charge is 0.465 e. The summed E-state index contributed by atoms with van der Waals surface area (Å²) in [6.07, 6.45) is 0.821. The SMILES string of the molecule is Cc1ccc(CNc2nc(Cl)nc3c(C)c(C[C@H](C)N)sc23)o1. The molecule has 0 saturated heterocycles. The predicted molar refractivity (Wildman–Crippen MR) is 95.3 cm³/mol. The Kier molecular flexibility index (Phi) is 4.57. The van der Waals surface area contributed by atoms with Gasteiger partial charge in [-0.05, 0) is 56.5 Å². The molecule has 0 unspecified atom stereocenters. The Hall–Kier alpha value is -1.63. The summed E-state index contributed by atoms with van der Waals surface area (Å²) in [7, 11) is 0. The van der Waals surface area contributed by atoms with E-state index in [1.54, 1.807) is 11.3 Å². The van der Waals surface area contributed by atoms with Gasteiger partial charge in [0.05, 0.1) is 16.8 Å². The number of halogens is 1. The number of anilines is 1. The number of nitrogens with two attached hydrogens (primary N) is 1. The zero-order valence-corrected chi connectivity index (χ0v) is 14.9. The first kappa shape index (κ1) is 16.2. The van der Waals surface area contributed by atoms with Gasteiger partial charge in [-0.25, -0.2) is 4.98 Å². The van der Waals surface area contributed by atoms with E-state index in [-0.39, 0.29) is 11.3 Å². The number of fused-ring (bicyclic) bond motifs is 1. The summed E-state index contributed by atoms with van der Waals surface area (Å²) in [4.78, 5) is 9.95. The molecule has 0 aliphatic rings. The third-order valence-corrected chi connectivity index (χ3v) is 5.05. The molecule has 3 aromatic rings. The highest BCUT2D eigenvalue weighted by molar-refractivity contribution is 7.19. The number of aromatic nitrogens is 2. The summed E-state index contributed by atoms with van der Waals surface area (Å²) in [6.45, 7) is 6.53. The highest BCUT2D eigenvalue weighted by Crippen LogP contribution is 2.35. The second kappa shape index (κ2) is 6.47. The fourth-order valence-corrected chi connectivity index (χ4v) is 3.99. The summed E-state index contributed by atoms with van der Waals surface area (Å²) < 4.78 is 6.58. The van der Waals surface area contributed by atoms with E-state index in [1.165, 1.54) is 4.88 Å².